The minimum absolute atomic E-state index is 0.449. The van der Waals surface area contributed by atoms with Gasteiger partial charge in [0.2, 0.25) is 0 Å². The van der Waals surface area contributed by atoms with E-state index < -0.39 is 7.12 Å². The monoisotopic (exact) mass is 1040 g/mol. The number of rotatable bonds is 4. The highest BCUT2D eigenvalue weighted by molar-refractivity contribution is 14.1. The Morgan fingerprint density at radius 2 is 0.833 bits per heavy atom. The standard InChI is InChI=1S/C22H15Cl.C16H11Br.C6H6BClO2.2CH3I/c23-20-12-10-16(11-13-20)19-14-18-8-4-5-9-21(18)22(15-19)17-6-2-1-3-7-17;17-14-10-13-8-4-5-9-15(13)16(11-14)12-6-2-1-3-7-12;8-6-3-1-5(2-4-6)7(9)10;2*1-2/h1-15H;1-11H;1-4,9-10H;2*1H3. The number of benzene rings is 8. The number of halogens is 5. The molecule has 8 rings (SSSR count). The van der Waals surface area contributed by atoms with Crippen molar-refractivity contribution in [2.24, 2.45) is 0 Å². The predicted molar refractivity (Wildman–Crippen MR) is 258 cm³/mol. The van der Waals surface area contributed by atoms with Gasteiger partial charge in [-0.1, -0.05) is 218 Å². The SMILES string of the molecule is Brc1cc(-c2ccccc2)c2ccccc2c1.CI.CI.Clc1ccc(-c2cc(-c3ccccc3)c3ccccc3c2)cc1.OB(O)c1ccc(Cl)cc1. The molecule has 54 heavy (non-hydrogen) atoms. The molecule has 2 nitrogen and oxygen atoms in total. The largest absolute Gasteiger partial charge is 0.488 e. The summed E-state index contributed by atoms with van der Waals surface area (Å²) in [6.45, 7) is 0. The van der Waals surface area contributed by atoms with Crippen LogP contribution in [0.3, 0.4) is 0 Å². The minimum Gasteiger partial charge on any atom is -0.423 e. The first-order valence-electron chi connectivity index (χ1n) is 16.8. The van der Waals surface area contributed by atoms with Crippen molar-refractivity contribution in [1.82, 2.24) is 0 Å². The van der Waals surface area contributed by atoms with Crippen molar-refractivity contribution in [3.63, 3.8) is 0 Å². The third-order valence-electron chi connectivity index (χ3n) is 8.20. The Morgan fingerprint density at radius 1 is 0.426 bits per heavy atom. The van der Waals surface area contributed by atoms with E-state index >= 15 is 0 Å². The van der Waals surface area contributed by atoms with Gasteiger partial charge in [0.05, 0.1) is 0 Å². The van der Waals surface area contributed by atoms with Gasteiger partial charge in [-0.25, -0.2) is 0 Å². The molecular formula is C46H38BBrCl2I2O2. The lowest BCUT2D eigenvalue weighted by Gasteiger charge is -2.11. The minimum atomic E-state index is -1.41. The van der Waals surface area contributed by atoms with Crippen LogP contribution in [0.2, 0.25) is 10.0 Å². The van der Waals surface area contributed by atoms with Crippen LogP contribution in [0.1, 0.15) is 0 Å². The van der Waals surface area contributed by atoms with Crippen molar-refractivity contribution in [1.29, 1.82) is 0 Å². The van der Waals surface area contributed by atoms with Gasteiger partial charge in [0, 0.05) is 14.5 Å². The zero-order chi connectivity index (χ0) is 38.9. The zero-order valence-corrected chi connectivity index (χ0v) is 37.1. The number of alkyl halides is 2. The molecule has 0 saturated carbocycles. The smallest absolute Gasteiger partial charge is 0.423 e. The van der Waals surface area contributed by atoms with Gasteiger partial charge >= 0.3 is 7.12 Å². The fourth-order valence-corrected chi connectivity index (χ4v) is 6.47. The summed E-state index contributed by atoms with van der Waals surface area (Å²) in [5, 5.41) is 23.7. The first-order valence-corrected chi connectivity index (χ1v) is 22.7. The van der Waals surface area contributed by atoms with Gasteiger partial charge in [-0.3, -0.25) is 0 Å². The molecule has 0 fully saturated rings. The van der Waals surface area contributed by atoms with Crippen LogP contribution in [0.25, 0.3) is 54.9 Å². The fraction of sp³-hybridized carbons (Fsp3) is 0.0435. The van der Waals surface area contributed by atoms with Crippen LogP contribution in [-0.4, -0.2) is 27.0 Å². The van der Waals surface area contributed by atoms with Crippen LogP contribution in [-0.2, 0) is 0 Å². The molecule has 2 N–H and O–H groups in total. The molecule has 0 unspecified atom stereocenters. The number of fused-ring (bicyclic) bond motifs is 2. The Morgan fingerprint density at radius 3 is 1.31 bits per heavy atom. The Balaban J connectivity index is 0.000000184. The molecule has 0 aliphatic carbocycles. The second kappa shape index (κ2) is 23.0. The van der Waals surface area contributed by atoms with Crippen molar-refractivity contribution in [2.75, 3.05) is 9.86 Å². The lowest BCUT2D eigenvalue weighted by molar-refractivity contribution is 0.426. The highest BCUT2D eigenvalue weighted by Gasteiger charge is 2.09. The molecule has 0 saturated heterocycles. The molecule has 8 aromatic carbocycles. The third-order valence-corrected chi connectivity index (χ3v) is 9.17. The van der Waals surface area contributed by atoms with Crippen molar-refractivity contribution in [3.8, 4) is 33.4 Å². The molecule has 0 atom stereocenters. The summed E-state index contributed by atoms with van der Waals surface area (Å²) < 4.78 is 1.12. The highest BCUT2D eigenvalue weighted by Crippen LogP contribution is 2.35. The van der Waals surface area contributed by atoms with E-state index in [1.165, 1.54) is 54.9 Å². The molecule has 0 spiro atoms. The molecule has 0 amide bonds. The van der Waals surface area contributed by atoms with Gasteiger partial charge in [0.25, 0.3) is 0 Å². The van der Waals surface area contributed by atoms with E-state index in [0.29, 0.717) is 10.5 Å². The molecule has 272 valence electrons. The van der Waals surface area contributed by atoms with E-state index in [4.69, 9.17) is 33.2 Å². The molecule has 0 aliphatic rings. The molecular weight excluding hydrogens is 1000 g/mol. The molecule has 0 aliphatic heterocycles. The quantitative estimate of drug-likeness (QED) is 0.105. The molecule has 0 aromatic heterocycles. The van der Waals surface area contributed by atoms with Crippen molar-refractivity contribution < 1.29 is 10.0 Å². The zero-order valence-electron chi connectivity index (χ0n) is 29.7. The summed E-state index contributed by atoms with van der Waals surface area (Å²) in [6, 6.07) is 61.2. The summed E-state index contributed by atoms with van der Waals surface area (Å²) in [5.74, 6) is 0. The Kier molecular flexibility index (Phi) is 18.5. The highest BCUT2D eigenvalue weighted by atomic mass is 127. The van der Waals surface area contributed by atoms with Crippen LogP contribution in [0.4, 0.5) is 0 Å². The van der Waals surface area contributed by atoms with Gasteiger partial charge in [-0.05, 0) is 119 Å². The maximum atomic E-state index is 8.63. The molecule has 0 radical (unpaired) electrons. The predicted octanol–water partition coefficient (Wildman–Crippen LogP) is 14.2. The van der Waals surface area contributed by atoms with Crippen LogP contribution in [0, 0.1) is 0 Å². The van der Waals surface area contributed by atoms with E-state index in [2.05, 4.69) is 201 Å². The maximum Gasteiger partial charge on any atom is 0.488 e. The van der Waals surface area contributed by atoms with Crippen molar-refractivity contribution in [2.45, 2.75) is 0 Å². The normalized spacial score (nSPS) is 9.94. The van der Waals surface area contributed by atoms with E-state index in [1.54, 1.807) is 24.3 Å². The topological polar surface area (TPSA) is 40.5 Å². The average Bonchev–Trinajstić information content (AvgIpc) is 3.23. The Hall–Kier alpha value is -3.22. The average molecular weight is 1040 g/mol. The summed E-state index contributed by atoms with van der Waals surface area (Å²) in [5.41, 5.74) is 7.86. The summed E-state index contributed by atoms with van der Waals surface area (Å²) in [7, 11) is -1.41. The van der Waals surface area contributed by atoms with E-state index in [0.717, 1.165) is 9.50 Å². The van der Waals surface area contributed by atoms with Crippen molar-refractivity contribution >= 4 is 118 Å². The van der Waals surface area contributed by atoms with Crippen LogP contribution < -0.4 is 5.46 Å². The van der Waals surface area contributed by atoms with Gasteiger partial charge in [-0.2, -0.15) is 0 Å². The summed E-state index contributed by atoms with van der Waals surface area (Å²) >= 11 is 19.5. The van der Waals surface area contributed by atoms with Gasteiger partial charge < -0.3 is 10.0 Å². The molecule has 0 bridgehead atoms. The molecule has 8 heteroatoms. The Bertz CT molecular complexity index is 2330. The van der Waals surface area contributed by atoms with E-state index in [9.17, 15) is 0 Å². The maximum absolute atomic E-state index is 8.63. The fourth-order valence-electron chi connectivity index (χ4n) is 5.74. The molecule has 8 aromatic rings. The second-order valence-electron chi connectivity index (χ2n) is 11.6. The van der Waals surface area contributed by atoms with Crippen LogP contribution in [0.15, 0.2) is 186 Å². The third kappa shape index (κ3) is 12.4. The van der Waals surface area contributed by atoms with Gasteiger partial charge in [0.1, 0.15) is 0 Å². The number of hydrogen-bond donors (Lipinski definition) is 2. The van der Waals surface area contributed by atoms with E-state index in [-0.39, 0.29) is 0 Å². The van der Waals surface area contributed by atoms with Gasteiger partial charge in [0.15, 0.2) is 0 Å². The summed E-state index contributed by atoms with van der Waals surface area (Å²) in [4.78, 5) is 3.94. The lowest BCUT2D eigenvalue weighted by Crippen LogP contribution is -2.29. The van der Waals surface area contributed by atoms with Crippen molar-refractivity contribution in [3.05, 3.63) is 197 Å². The van der Waals surface area contributed by atoms with E-state index in [1.807, 2.05) is 28.1 Å². The summed E-state index contributed by atoms with van der Waals surface area (Å²) in [6.07, 6.45) is 0. The Labute approximate surface area is 364 Å². The van der Waals surface area contributed by atoms with Crippen LogP contribution in [0.5, 0.6) is 0 Å². The first-order chi connectivity index (χ1) is 26.4. The van der Waals surface area contributed by atoms with Crippen LogP contribution >= 0.6 is 84.3 Å². The number of hydrogen-bond acceptors (Lipinski definition) is 2. The first kappa shape index (κ1) is 43.5. The molecule has 0 heterocycles. The second-order valence-corrected chi connectivity index (χ2v) is 13.4. The van der Waals surface area contributed by atoms with Gasteiger partial charge in [-0.15, -0.1) is 0 Å². The lowest BCUT2D eigenvalue weighted by atomic mass is 9.81.